The Labute approximate surface area is 96.1 Å². The molecule has 7 heteroatoms. The first-order valence-electron chi connectivity index (χ1n) is 4.81. The number of nitrogens with zero attached hydrogens (tertiary/aromatic N) is 1. The van der Waals surface area contributed by atoms with E-state index >= 15 is 0 Å². The van der Waals surface area contributed by atoms with Crippen LogP contribution in [-0.4, -0.2) is 39.7 Å². The first kappa shape index (κ1) is 13.0. The zero-order chi connectivity index (χ0) is 12.8. The molecule has 0 fully saturated rings. The van der Waals surface area contributed by atoms with Gasteiger partial charge in [0.15, 0.2) is 0 Å². The standard InChI is InChI=1S/C10H11FN2O4/c11-8-3-1-2-6(12-8)9(15)13-7(4-5-14)10(16)17/h1-3,7,14H,4-5H2,(H,13,15)(H,16,17). The molecule has 0 radical (unpaired) electrons. The fraction of sp³-hybridized carbons (Fsp3) is 0.300. The quantitative estimate of drug-likeness (QED) is 0.620. The smallest absolute Gasteiger partial charge is 0.326 e. The van der Waals surface area contributed by atoms with Crippen LogP contribution in [0.5, 0.6) is 0 Å². The Bertz CT molecular complexity index is 425. The predicted octanol–water partition coefficient (Wildman–Crippen LogP) is -0.214. The van der Waals surface area contributed by atoms with Crippen LogP contribution in [0.1, 0.15) is 16.9 Å². The third-order valence-electron chi connectivity index (χ3n) is 1.97. The van der Waals surface area contributed by atoms with E-state index in [-0.39, 0.29) is 18.7 Å². The Balaban J connectivity index is 2.73. The molecule has 1 amide bonds. The number of aliphatic hydroxyl groups is 1. The van der Waals surface area contributed by atoms with Crippen LogP contribution in [0.3, 0.4) is 0 Å². The van der Waals surface area contributed by atoms with Crippen LogP contribution in [0, 0.1) is 5.95 Å². The largest absolute Gasteiger partial charge is 0.480 e. The van der Waals surface area contributed by atoms with Gasteiger partial charge in [0.25, 0.3) is 5.91 Å². The number of carboxylic acid groups (broad SMARTS) is 1. The van der Waals surface area contributed by atoms with E-state index in [1.165, 1.54) is 12.1 Å². The normalized spacial score (nSPS) is 11.9. The predicted molar refractivity (Wildman–Crippen MR) is 54.8 cm³/mol. The molecule has 1 atom stereocenters. The summed E-state index contributed by atoms with van der Waals surface area (Å²) in [7, 11) is 0. The third kappa shape index (κ3) is 3.80. The number of pyridine rings is 1. The van der Waals surface area contributed by atoms with Crippen LogP contribution in [0.25, 0.3) is 0 Å². The van der Waals surface area contributed by atoms with Gasteiger partial charge in [0.2, 0.25) is 5.95 Å². The zero-order valence-corrected chi connectivity index (χ0v) is 8.76. The molecule has 0 aliphatic rings. The van der Waals surface area contributed by atoms with Gasteiger partial charge in [0.05, 0.1) is 0 Å². The van der Waals surface area contributed by atoms with Gasteiger partial charge >= 0.3 is 5.97 Å². The Morgan fingerprint density at radius 1 is 1.47 bits per heavy atom. The molecule has 1 rings (SSSR count). The van der Waals surface area contributed by atoms with Crippen molar-refractivity contribution in [2.75, 3.05) is 6.61 Å². The fourth-order valence-corrected chi connectivity index (χ4v) is 1.15. The monoisotopic (exact) mass is 242 g/mol. The number of hydrogen-bond acceptors (Lipinski definition) is 4. The lowest BCUT2D eigenvalue weighted by Gasteiger charge is -2.12. The topological polar surface area (TPSA) is 99.5 Å². The zero-order valence-electron chi connectivity index (χ0n) is 8.76. The summed E-state index contributed by atoms with van der Waals surface area (Å²) in [6.45, 7) is -0.381. The van der Waals surface area contributed by atoms with E-state index in [4.69, 9.17) is 10.2 Å². The second-order valence-corrected chi connectivity index (χ2v) is 3.22. The summed E-state index contributed by atoms with van der Waals surface area (Å²) in [6.07, 6.45) is -0.129. The van der Waals surface area contributed by atoms with Crippen molar-refractivity contribution >= 4 is 11.9 Å². The molecule has 0 spiro atoms. The van der Waals surface area contributed by atoms with E-state index in [1.54, 1.807) is 0 Å². The minimum absolute atomic E-state index is 0.129. The van der Waals surface area contributed by atoms with Gasteiger partial charge in [-0.05, 0) is 12.1 Å². The second-order valence-electron chi connectivity index (χ2n) is 3.22. The van der Waals surface area contributed by atoms with Crippen LogP contribution in [0.15, 0.2) is 18.2 Å². The van der Waals surface area contributed by atoms with Gasteiger partial charge in [-0.25, -0.2) is 9.78 Å². The maximum Gasteiger partial charge on any atom is 0.326 e. The number of rotatable bonds is 5. The lowest BCUT2D eigenvalue weighted by molar-refractivity contribution is -0.139. The molecule has 6 nitrogen and oxygen atoms in total. The van der Waals surface area contributed by atoms with Gasteiger partial charge in [-0.15, -0.1) is 0 Å². The van der Waals surface area contributed by atoms with E-state index in [2.05, 4.69) is 10.3 Å². The Hall–Kier alpha value is -2.02. The molecule has 3 N–H and O–H groups in total. The van der Waals surface area contributed by atoms with Gasteiger partial charge in [-0.2, -0.15) is 4.39 Å². The van der Waals surface area contributed by atoms with Gasteiger partial charge in [0.1, 0.15) is 11.7 Å². The van der Waals surface area contributed by atoms with Crippen molar-refractivity contribution in [1.29, 1.82) is 0 Å². The molecule has 1 aromatic heterocycles. The molecule has 1 unspecified atom stereocenters. The first-order chi connectivity index (χ1) is 8.04. The highest BCUT2D eigenvalue weighted by molar-refractivity contribution is 5.94. The molecule has 0 aliphatic carbocycles. The summed E-state index contributed by atoms with van der Waals surface area (Å²) >= 11 is 0. The number of carboxylic acids is 1. The Kier molecular flexibility index (Phi) is 4.53. The molecule has 0 saturated carbocycles. The number of aromatic nitrogens is 1. The number of amides is 1. The summed E-state index contributed by atoms with van der Waals surface area (Å²) in [5.41, 5.74) is -0.214. The van der Waals surface area contributed by atoms with Crippen molar-refractivity contribution in [3.63, 3.8) is 0 Å². The van der Waals surface area contributed by atoms with Crippen molar-refractivity contribution in [1.82, 2.24) is 10.3 Å². The van der Waals surface area contributed by atoms with Crippen LogP contribution in [-0.2, 0) is 4.79 Å². The number of halogens is 1. The lowest BCUT2D eigenvalue weighted by atomic mass is 10.2. The minimum Gasteiger partial charge on any atom is -0.480 e. The minimum atomic E-state index is -1.27. The second kappa shape index (κ2) is 5.90. The van der Waals surface area contributed by atoms with E-state index in [0.717, 1.165) is 6.07 Å². The van der Waals surface area contributed by atoms with Crippen molar-refractivity contribution in [3.8, 4) is 0 Å². The number of aliphatic carboxylic acids is 1. The molecule has 1 heterocycles. The van der Waals surface area contributed by atoms with Gasteiger partial charge in [0, 0.05) is 13.0 Å². The van der Waals surface area contributed by atoms with Gasteiger partial charge in [-0.3, -0.25) is 4.79 Å². The molecule has 0 aliphatic heterocycles. The number of nitrogens with one attached hydrogen (secondary N) is 1. The number of carbonyl (C=O) groups excluding carboxylic acids is 1. The maximum absolute atomic E-state index is 12.7. The Morgan fingerprint density at radius 3 is 2.71 bits per heavy atom. The summed E-state index contributed by atoms with van der Waals surface area (Å²) in [5.74, 6) is -2.90. The van der Waals surface area contributed by atoms with Crippen LogP contribution in [0.2, 0.25) is 0 Å². The van der Waals surface area contributed by atoms with Crippen molar-refractivity contribution in [2.45, 2.75) is 12.5 Å². The van der Waals surface area contributed by atoms with Crippen molar-refractivity contribution < 1.29 is 24.2 Å². The number of aliphatic hydroxyl groups excluding tert-OH is 1. The van der Waals surface area contributed by atoms with E-state index in [0.29, 0.717) is 0 Å². The number of hydrogen-bond donors (Lipinski definition) is 3. The van der Waals surface area contributed by atoms with Gasteiger partial charge < -0.3 is 15.5 Å². The molecule has 0 bridgehead atoms. The number of carbonyl (C=O) groups is 2. The summed E-state index contributed by atoms with van der Waals surface area (Å²) < 4.78 is 12.7. The maximum atomic E-state index is 12.7. The summed E-state index contributed by atoms with van der Waals surface area (Å²) in [4.78, 5) is 25.5. The van der Waals surface area contributed by atoms with Crippen LogP contribution in [0.4, 0.5) is 4.39 Å². The summed E-state index contributed by atoms with van der Waals surface area (Å²) in [5, 5.41) is 19.5. The first-order valence-corrected chi connectivity index (χ1v) is 4.81. The van der Waals surface area contributed by atoms with E-state index < -0.39 is 23.9 Å². The molecular weight excluding hydrogens is 231 g/mol. The molecule has 1 aromatic rings. The van der Waals surface area contributed by atoms with Crippen LogP contribution >= 0.6 is 0 Å². The van der Waals surface area contributed by atoms with E-state index in [9.17, 15) is 14.0 Å². The van der Waals surface area contributed by atoms with Crippen LogP contribution < -0.4 is 5.32 Å². The van der Waals surface area contributed by atoms with Crippen molar-refractivity contribution in [2.24, 2.45) is 0 Å². The molecular formula is C10H11FN2O4. The molecule has 0 saturated heterocycles. The molecule has 92 valence electrons. The molecule has 0 aromatic carbocycles. The SMILES string of the molecule is O=C(NC(CCO)C(=O)O)c1cccc(F)n1. The Morgan fingerprint density at radius 2 is 2.18 bits per heavy atom. The highest BCUT2D eigenvalue weighted by atomic mass is 19.1. The van der Waals surface area contributed by atoms with E-state index in [1.807, 2.05) is 0 Å². The average Bonchev–Trinajstić information content (AvgIpc) is 2.28. The highest BCUT2D eigenvalue weighted by Crippen LogP contribution is 2.00. The van der Waals surface area contributed by atoms with Gasteiger partial charge in [-0.1, -0.05) is 6.07 Å². The lowest BCUT2D eigenvalue weighted by Crippen LogP contribution is -2.41. The highest BCUT2D eigenvalue weighted by Gasteiger charge is 2.20. The summed E-state index contributed by atoms with van der Waals surface area (Å²) in [6, 6.07) is 2.40. The average molecular weight is 242 g/mol. The third-order valence-corrected chi connectivity index (χ3v) is 1.97. The fourth-order valence-electron chi connectivity index (χ4n) is 1.15. The van der Waals surface area contributed by atoms with Crippen molar-refractivity contribution in [3.05, 3.63) is 29.8 Å². The molecule has 17 heavy (non-hydrogen) atoms.